The van der Waals surface area contributed by atoms with Gasteiger partial charge in [-0.15, -0.1) is 0 Å². The molecule has 0 aliphatic carbocycles. The predicted molar refractivity (Wildman–Crippen MR) is 96.7 cm³/mol. The molecule has 26 heavy (non-hydrogen) atoms. The minimum absolute atomic E-state index is 0.590. The van der Waals surface area contributed by atoms with Crippen molar-refractivity contribution in [1.29, 1.82) is 0 Å². The van der Waals surface area contributed by atoms with E-state index in [2.05, 4.69) is 6.58 Å². The van der Waals surface area contributed by atoms with Crippen LogP contribution in [-0.2, 0) is 4.74 Å². The second kappa shape index (κ2) is 6.72. The third kappa shape index (κ3) is 2.91. The molecule has 4 rings (SSSR count). The van der Waals surface area contributed by atoms with Crippen molar-refractivity contribution in [2.75, 3.05) is 0 Å². The molecule has 0 aliphatic rings. The molecule has 0 unspecified atom stereocenters. The predicted octanol–water partition coefficient (Wildman–Crippen LogP) is 6.58. The number of allylic oxidation sites excluding steroid dienone is 1. The molecular formula is C21H16O5. The van der Waals surface area contributed by atoms with Gasteiger partial charge in [0.05, 0.1) is 12.5 Å². The van der Waals surface area contributed by atoms with Crippen LogP contribution in [0.3, 0.4) is 0 Å². The minimum Gasteiger partial charge on any atom is -0.462 e. The lowest BCUT2D eigenvalue weighted by atomic mass is 10.3. The average Bonchev–Trinajstić information content (AvgIpc) is 3.44. The SMILES string of the molecule is C=COC(=CC)c1ccc(-c2ccc(-c3ccc(-c4ccco4)o3)o2)o1. The molecule has 0 saturated carbocycles. The normalized spacial score (nSPS) is 11.7. The smallest absolute Gasteiger partial charge is 0.170 e. The molecule has 0 radical (unpaired) electrons. The number of hydrogen-bond donors (Lipinski definition) is 0. The first kappa shape index (κ1) is 15.9. The Kier molecular flexibility index (Phi) is 4.11. The van der Waals surface area contributed by atoms with Gasteiger partial charge in [0.1, 0.15) is 0 Å². The lowest BCUT2D eigenvalue weighted by Crippen LogP contribution is -1.81. The molecule has 4 aromatic heterocycles. The summed E-state index contributed by atoms with van der Waals surface area (Å²) in [6.45, 7) is 5.42. The van der Waals surface area contributed by atoms with Crippen LogP contribution in [0, 0.1) is 0 Å². The standard InChI is InChI=1S/C21H16O5/c1-3-14(22-4-2)16-7-9-18(24-16)20-11-12-21(26-20)19-10-8-17(25-19)15-6-5-13-23-15/h3-13H,2H2,1H3. The van der Waals surface area contributed by atoms with Gasteiger partial charge in [-0.25, -0.2) is 0 Å². The van der Waals surface area contributed by atoms with E-state index in [1.165, 1.54) is 6.26 Å². The van der Waals surface area contributed by atoms with Gasteiger partial charge in [-0.1, -0.05) is 6.58 Å². The van der Waals surface area contributed by atoms with Crippen molar-refractivity contribution in [3.05, 3.63) is 79.5 Å². The van der Waals surface area contributed by atoms with Crippen LogP contribution in [0.15, 0.2) is 91.4 Å². The van der Waals surface area contributed by atoms with E-state index < -0.39 is 0 Å². The van der Waals surface area contributed by atoms with E-state index in [9.17, 15) is 0 Å². The van der Waals surface area contributed by atoms with Crippen LogP contribution >= 0.6 is 0 Å². The fourth-order valence-corrected chi connectivity index (χ4v) is 2.59. The topological polar surface area (TPSA) is 61.8 Å². The van der Waals surface area contributed by atoms with Gasteiger partial charge < -0.3 is 22.4 Å². The molecule has 0 fully saturated rings. The minimum atomic E-state index is 0.590. The van der Waals surface area contributed by atoms with Crippen LogP contribution in [0.25, 0.3) is 40.3 Å². The third-order valence-corrected chi connectivity index (χ3v) is 3.78. The highest BCUT2D eigenvalue weighted by atomic mass is 16.5. The van der Waals surface area contributed by atoms with Crippen molar-refractivity contribution in [3.8, 4) is 34.6 Å². The van der Waals surface area contributed by atoms with E-state index in [1.807, 2.05) is 55.5 Å². The van der Waals surface area contributed by atoms with E-state index in [0.29, 0.717) is 46.1 Å². The number of furan rings is 4. The molecule has 4 heterocycles. The first-order valence-electron chi connectivity index (χ1n) is 8.07. The summed E-state index contributed by atoms with van der Waals surface area (Å²) in [5.41, 5.74) is 0. The largest absolute Gasteiger partial charge is 0.462 e. The third-order valence-electron chi connectivity index (χ3n) is 3.78. The maximum atomic E-state index is 5.87. The summed E-state index contributed by atoms with van der Waals surface area (Å²) in [5.74, 6) is 4.89. The Morgan fingerprint density at radius 1 is 0.808 bits per heavy atom. The Labute approximate surface area is 149 Å². The summed E-state index contributed by atoms with van der Waals surface area (Å²) in [7, 11) is 0. The zero-order valence-corrected chi connectivity index (χ0v) is 14.1. The van der Waals surface area contributed by atoms with Gasteiger partial charge in [0, 0.05) is 0 Å². The van der Waals surface area contributed by atoms with Crippen molar-refractivity contribution < 1.29 is 22.4 Å². The monoisotopic (exact) mass is 348 g/mol. The molecule has 0 bridgehead atoms. The summed E-state index contributed by atoms with van der Waals surface area (Å²) in [6, 6.07) is 14.6. The number of hydrogen-bond acceptors (Lipinski definition) is 5. The maximum absolute atomic E-state index is 5.87. The molecule has 4 aromatic rings. The van der Waals surface area contributed by atoms with E-state index in [4.69, 9.17) is 22.4 Å². The summed E-state index contributed by atoms with van der Waals surface area (Å²) in [6.07, 6.45) is 4.76. The molecule has 130 valence electrons. The van der Waals surface area contributed by atoms with Crippen LogP contribution in [0.1, 0.15) is 12.7 Å². The summed E-state index contributed by atoms with van der Waals surface area (Å²) < 4.78 is 28.1. The molecule has 0 aromatic carbocycles. The molecule has 0 saturated heterocycles. The first-order chi connectivity index (χ1) is 12.8. The molecule has 5 nitrogen and oxygen atoms in total. The number of ether oxygens (including phenoxy) is 1. The zero-order chi connectivity index (χ0) is 17.9. The van der Waals surface area contributed by atoms with Crippen molar-refractivity contribution in [2.24, 2.45) is 0 Å². The van der Waals surface area contributed by atoms with Gasteiger partial charge in [-0.2, -0.15) is 0 Å². The summed E-state index contributed by atoms with van der Waals surface area (Å²) >= 11 is 0. The molecule has 5 heteroatoms. The van der Waals surface area contributed by atoms with Gasteiger partial charge in [0.2, 0.25) is 0 Å². The van der Waals surface area contributed by atoms with Crippen molar-refractivity contribution in [2.45, 2.75) is 6.92 Å². The number of rotatable bonds is 6. The van der Waals surface area contributed by atoms with Crippen molar-refractivity contribution in [1.82, 2.24) is 0 Å². The lowest BCUT2D eigenvalue weighted by molar-refractivity contribution is 0.409. The van der Waals surface area contributed by atoms with Crippen molar-refractivity contribution >= 4 is 5.76 Å². The highest BCUT2D eigenvalue weighted by molar-refractivity contribution is 5.64. The first-order valence-corrected chi connectivity index (χ1v) is 8.07. The van der Waals surface area contributed by atoms with E-state index in [1.54, 1.807) is 12.3 Å². The Hall–Kier alpha value is -3.60. The van der Waals surface area contributed by atoms with Crippen LogP contribution in [0.2, 0.25) is 0 Å². The molecule has 0 amide bonds. The van der Waals surface area contributed by atoms with Crippen LogP contribution in [-0.4, -0.2) is 0 Å². The fourth-order valence-electron chi connectivity index (χ4n) is 2.59. The van der Waals surface area contributed by atoms with Gasteiger partial charge in [-0.3, -0.25) is 0 Å². The fraction of sp³-hybridized carbons (Fsp3) is 0.0476. The van der Waals surface area contributed by atoms with E-state index in [0.717, 1.165) is 0 Å². The Bertz CT molecular complexity index is 1040. The average molecular weight is 348 g/mol. The molecule has 0 aliphatic heterocycles. The Morgan fingerprint density at radius 3 is 1.92 bits per heavy atom. The van der Waals surface area contributed by atoms with Crippen LogP contribution < -0.4 is 0 Å². The van der Waals surface area contributed by atoms with Crippen molar-refractivity contribution in [3.63, 3.8) is 0 Å². The summed E-state index contributed by atoms with van der Waals surface area (Å²) in [4.78, 5) is 0. The van der Waals surface area contributed by atoms with E-state index >= 15 is 0 Å². The zero-order valence-electron chi connectivity index (χ0n) is 14.1. The van der Waals surface area contributed by atoms with Gasteiger partial charge in [-0.05, 0) is 61.5 Å². The van der Waals surface area contributed by atoms with Gasteiger partial charge >= 0.3 is 0 Å². The lowest BCUT2D eigenvalue weighted by Gasteiger charge is -2.00. The quantitative estimate of drug-likeness (QED) is 0.368. The highest BCUT2D eigenvalue weighted by Crippen LogP contribution is 2.34. The maximum Gasteiger partial charge on any atom is 0.170 e. The van der Waals surface area contributed by atoms with Gasteiger partial charge in [0.15, 0.2) is 46.1 Å². The van der Waals surface area contributed by atoms with Crippen LogP contribution in [0.4, 0.5) is 0 Å². The second-order valence-electron chi connectivity index (χ2n) is 5.41. The molecule has 0 N–H and O–H groups in total. The highest BCUT2D eigenvalue weighted by Gasteiger charge is 2.15. The molecule has 0 atom stereocenters. The second-order valence-corrected chi connectivity index (χ2v) is 5.41. The Morgan fingerprint density at radius 2 is 1.38 bits per heavy atom. The summed E-state index contributed by atoms with van der Waals surface area (Å²) in [5, 5.41) is 0. The Balaban J connectivity index is 1.59. The molecule has 0 spiro atoms. The van der Waals surface area contributed by atoms with Crippen LogP contribution in [0.5, 0.6) is 0 Å². The molecular weight excluding hydrogens is 332 g/mol. The van der Waals surface area contributed by atoms with Gasteiger partial charge in [0.25, 0.3) is 0 Å². The van der Waals surface area contributed by atoms with E-state index in [-0.39, 0.29) is 0 Å².